The second kappa shape index (κ2) is 12.2. The number of carbonyl (C=O) groups is 2. The number of hydrogen-bond donors (Lipinski definition) is 2. The van der Waals surface area contributed by atoms with Gasteiger partial charge in [-0.1, -0.05) is 49.4 Å². The molecule has 3 aromatic rings. The first-order valence-electron chi connectivity index (χ1n) is 12.4. The molecule has 0 spiro atoms. The third-order valence-corrected chi connectivity index (χ3v) is 6.51. The summed E-state index contributed by atoms with van der Waals surface area (Å²) in [4.78, 5) is 30.6. The molecule has 2 aromatic carbocycles. The van der Waals surface area contributed by atoms with E-state index >= 15 is 0 Å². The van der Waals surface area contributed by atoms with Crippen LogP contribution in [-0.4, -0.2) is 54.0 Å². The van der Waals surface area contributed by atoms with Crippen molar-refractivity contribution in [2.75, 3.05) is 31.5 Å². The van der Waals surface area contributed by atoms with Crippen molar-refractivity contribution < 1.29 is 14.3 Å². The zero-order valence-electron chi connectivity index (χ0n) is 21.1. The second-order valence-electron chi connectivity index (χ2n) is 9.29. The Balaban J connectivity index is 1.33. The lowest BCUT2D eigenvalue weighted by Gasteiger charge is -2.38. The standard InChI is InChI=1S/C29H31N5O3/c1-20(23-10-8-22(14-30)9-11-23)15-31-17-27(24-6-4-3-5-7-24)29(36)33-28-13-12-25(16-32-28)37-26-18-34(19-26)21(2)35/h3-13,16,20,26-27,31H,15,17-19H2,1-2H3,(H,32,33,36)/t20-,27?/m1/s1. The summed E-state index contributed by atoms with van der Waals surface area (Å²) in [6.45, 7) is 5.96. The number of rotatable bonds is 10. The minimum Gasteiger partial charge on any atom is -0.485 e. The van der Waals surface area contributed by atoms with Crippen molar-refractivity contribution >= 4 is 17.6 Å². The van der Waals surface area contributed by atoms with Crippen LogP contribution in [0.25, 0.3) is 0 Å². The highest BCUT2D eigenvalue weighted by Gasteiger charge is 2.30. The first-order valence-corrected chi connectivity index (χ1v) is 12.4. The van der Waals surface area contributed by atoms with Crippen LogP contribution in [-0.2, 0) is 9.59 Å². The van der Waals surface area contributed by atoms with Gasteiger partial charge in [-0.3, -0.25) is 9.59 Å². The highest BCUT2D eigenvalue weighted by Crippen LogP contribution is 2.21. The summed E-state index contributed by atoms with van der Waals surface area (Å²) in [6, 6.07) is 22.9. The average Bonchev–Trinajstić information content (AvgIpc) is 2.89. The zero-order chi connectivity index (χ0) is 26.2. The van der Waals surface area contributed by atoms with Gasteiger partial charge in [-0.25, -0.2) is 4.98 Å². The van der Waals surface area contributed by atoms with Crippen molar-refractivity contribution in [2.24, 2.45) is 0 Å². The number of carbonyl (C=O) groups excluding carboxylic acids is 2. The molecule has 8 nitrogen and oxygen atoms in total. The Morgan fingerprint density at radius 1 is 1.05 bits per heavy atom. The largest absolute Gasteiger partial charge is 0.485 e. The Labute approximate surface area is 217 Å². The van der Waals surface area contributed by atoms with Crippen molar-refractivity contribution in [3.63, 3.8) is 0 Å². The molecule has 1 aliphatic heterocycles. The van der Waals surface area contributed by atoms with Crippen LogP contribution < -0.4 is 15.4 Å². The van der Waals surface area contributed by atoms with Gasteiger partial charge in [0.05, 0.1) is 36.8 Å². The molecule has 0 radical (unpaired) electrons. The fourth-order valence-corrected chi connectivity index (χ4v) is 4.20. The number of nitrogens with one attached hydrogen (secondary N) is 2. The molecule has 0 saturated carbocycles. The van der Waals surface area contributed by atoms with Crippen molar-refractivity contribution in [3.05, 3.63) is 89.6 Å². The van der Waals surface area contributed by atoms with Crippen LogP contribution >= 0.6 is 0 Å². The molecule has 1 saturated heterocycles. The number of nitriles is 1. The molecule has 190 valence electrons. The number of nitrogens with zero attached hydrogens (tertiary/aromatic N) is 3. The quantitative estimate of drug-likeness (QED) is 0.443. The molecule has 2 amide bonds. The van der Waals surface area contributed by atoms with Crippen LogP contribution in [0.3, 0.4) is 0 Å². The van der Waals surface area contributed by atoms with Gasteiger partial charge in [0.1, 0.15) is 17.7 Å². The average molecular weight is 498 g/mol. The van der Waals surface area contributed by atoms with Crippen LogP contribution in [0.1, 0.15) is 42.4 Å². The number of benzene rings is 2. The van der Waals surface area contributed by atoms with Gasteiger partial charge in [-0.05, 0) is 41.3 Å². The molecule has 1 unspecified atom stereocenters. The predicted octanol–water partition coefficient (Wildman–Crippen LogP) is 3.68. The smallest absolute Gasteiger partial charge is 0.234 e. The van der Waals surface area contributed by atoms with Crippen molar-refractivity contribution in [1.29, 1.82) is 5.26 Å². The molecular formula is C29H31N5O3. The molecule has 1 fully saturated rings. The minimum atomic E-state index is -0.403. The topological polar surface area (TPSA) is 107 Å². The lowest BCUT2D eigenvalue weighted by Crippen LogP contribution is -2.55. The van der Waals surface area contributed by atoms with Crippen LogP contribution in [0.2, 0.25) is 0 Å². The number of amides is 2. The summed E-state index contributed by atoms with van der Waals surface area (Å²) >= 11 is 0. The third kappa shape index (κ3) is 6.93. The number of likely N-dealkylation sites (tertiary alicyclic amines) is 1. The van der Waals surface area contributed by atoms with E-state index in [0.29, 0.717) is 43.3 Å². The number of ether oxygens (including phenoxy) is 1. The summed E-state index contributed by atoms with van der Waals surface area (Å²) in [7, 11) is 0. The Bertz CT molecular complexity index is 1230. The fourth-order valence-electron chi connectivity index (χ4n) is 4.20. The van der Waals surface area contributed by atoms with Crippen molar-refractivity contribution in [2.45, 2.75) is 31.8 Å². The lowest BCUT2D eigenvalue weighted by atomic mass is 9.96. The van der Waals surface area contributed by atoms with Gasteiger partial charge in [0, 0.05) is 20.0 Å². The Morgan fingerprint density at radius 3 is 2.41 bits per heavy atom. The molecule has 4 rings (SSSR count). The summed E-state index contributed by atoms with van der Waals surface area (Å²) in [6.07, 6.45) is 1.55. The lowest BCUT2D eigenvalue weighted by molar-refractivity contribution is -0.137. The van der Waals surface area contributed by atoms with Gasteiger partial charge < -0.3 is 20.3 Å². The van der Waals surface area contributed by atoms with E-state index in [2.05, 4.69) is 28.6 Å². The Morgan fingerprint density at radius 2 is 1.78 bits per heavy atom. The molecule has 2 heterocycles. The molecular weight excluding hydrogens is 466 g/mol. The van der Waals surface area contributed by atoms with Crippen LogP contribution in [0.4, 0.5) is 5.82 Å². The molecule has 2 N–H and O–H groups in total. The molecule has 0 aliphatic carbocycles. The van der Waals surface area contributed by atoms with E-state index in [4.69, 9.17) is 10.00 Å². The van der Waals surface area contributed by atoms with Crippen molar-refractivity contribution in [1.82, 2.24) is 15.2 Å². The molecule has 0 bridgehead atoms. The summed E-state index contributed by atoms with van der Waals surface area (Å²) in [5, 5.41) is 15.4. The normalized spacial score (nSPS) is 14.7. The summed E-state index contributed by atoms with van der Waals surface area (Å²) in [5.41, 5.74) is 2.69. The first kappa shape index (κ1) is 25.9. The van der Waals surface area contributed by atoms with Crippen molar-refractivity contribution in [3.8, 4) is 11.8 Å². The molecule has 1 aromatic heterocycles. The highest BCUT2D eigenvalue weighted by molar-refractivity contribution is 5.95. The van der Waals surface area contributed by atoms with E-state index < -0.39 is 5.92 Å². The van der Waals surface area contributed by atoms with Gasteiger partial charge in [0.25, 0.3) is 0 Å². The zero-order valence-corrected chi connectivity index (χ0v) is 21.1. The first-order chi connectivity index (χ1) is 17.9. The number of hydrogen-bond acceptors (Lipinski definition) is 6. The van der Waals surface area contributed by atoms with Crippen LogP contribution in [0.5, 0.6) is 5.75 Å². The molecule has 37 heavy (non-hydrogen) atoms. The Hall–Kier alpha value is -4.22. The minimum absolute atomic E-state index is 0.0358. The molecule has 8 heteroatoms. The van der Waals surface area contributed by atoms with Gasteiger partial charge in [0.2, 0.25) is 11.8 Å². The molecule has 2 atom stereocenters. The van der Waals surface area contributed by atoms with Gasteiger partial charge in [-0.2, -0.15) is 5.26 Å². The van der Waals surface area contributed by atoms with E-state index in [1.54, 1.807) is 30.2 Å². The summed E-state index contributed by atoms with van der Waals surface area (Å²) < 4.78 is 5.84. The van der Waals surface area contributed by atoms with Gasteiger partial charge >= 0.3 is 0 Å². The maximum Gasteiger partial charge on any atom is 0.234 e. The maximum atomic E-state index is 13.3. The molecule has 1 aliphatic rings. The third-order valence-electron chi connectivity index (χ3n) is 6.51. The van der Waals surface area contributed by atoms with E-state index in [0.717, 1.165) is 11.1 Å². The fraction of sp³-hybridized carbons (Fsp3) is 0.310. The number of pyridine rings is 1. The number of aromatic nitrogens is 1. The van der Waals surface area contributed by atoms with E-state index in [-0.39, 0.29) is 23.8 Å². The van der Waals surface area contributed by atoms with Gasteiger partial charge in [-0.15, -0.1) is 0 Å². The number of anilines is 1. The maximum absolute atomic E-state index is 13.3. The second-order valence-corrected chi connectivity index (χ2v) is 9.29. The Kier molecular flexibility index (Phi) is 8.49. The van der Waals surface area contributed by atoms with E-state index in [1.165, 1.54) is 0 Å². The predicted molar refractivity (Wildman–Crippen MR) is 141 cm³/mol. The monoisotopic (exact) mass is 497 g/mol. The van der Waals surface area contributed by atoms with Gasteiger partial charge in [0.15, 0.2) is 0 Å². The van der Waals surface area contributed by atoms with Crippen LogP contribution in [0, 0.1) is 11.3 Å². The summed E-state index contributed by atoms with van der Waals surface area (Å²) in [5.74, 6) is 0.760. The SMILES string of the molecule is CC(=O)N1CC(Oc2ccc(NC(=O)C(CNC[C@@H](C)c3ccc(C#N)cc3)c3ccccc3)nc2)C1. The van der Waals surface area contributed by atoms with E-state index in [1.807, 2.05) is 54.6 Å². The van der Waals surface area contributed by atoms with Crippen LogP contribution in [0.15, 0.2) is 72.9 Å². The van der Waals surface area contributed by atoms with E-state index in [9.17, 15) is 9.59 Å². The highest BCUT2D eigenvalue weighted by atomic mass is 16.5.